The van der Waals surface area contributed by atoms with Gasteiger partial charge >= 0.3 is 5.97 Å². The zero-order chi connectivity index (χ0) is 14.0. The van der Waals surface area contributed by atoms with Gasteiger partial charge in [-0.1, -0.05) is 66.2 Å². The summed E-state index contributed by atoms with van der Waals surface area (Å²) in [6, 6.07) is 0. The number of hydrogen-bond donors (Lipinski definition) is 1. The first-order valence-electron chi connectivity index (χ1n) is 7.66. The van der Waals surface area contributed by atoms with Gasteiger partial charge in [0, 0.05) is 0 Å². The molecule has 0 rings (SSSR count). The summed E-state index contributed by atoms with van der Waals surface area (Å²) in [4.78, 5) is 11.2. The van der Waals surface area contributed by atoms with Crippen LogP contribution in [0.3, 0.4) is 0 Å². The molecule has 0 aromatic carbocycles. The van der Waals surface area contributed by atoms with E-state index < -0.39 is 5.97 Å². The second kappa shape index (κ2) is 10.4. The molecule has 0 bridgehead atoms. The van der Waals surface area contributed by atoms with Gasteiger partial charge in [-0.05, 0) is 24.7 Å². The van der Waals surface area contributed by atoms with E-state index in [9.17, 15) is 9.90 Å². The van der Waals surface area contributed by atoms with E-state index in [1.807, 2.05) is 0 Å². The minimum atomic E-state index is -0.593. The fraction of sp³-hybridized carbons (Fsp3) is 0.938. The smallest absolute Gasteiger partial charge is 0.306 e. The highest BCUT2D eigenvalue weighted by atomic mass is 16.4. The quantitative estimate of drug-likeness (QED) is 0.521. The predicted octanol–water partition coefficient (Wildman–Crippen LogP) is 5.12. The SMILES string of the molecule is CC(C)CCCCC(CCCCC(C)C)C(=O)O. The van der Waals surface area contributed by atoms with Crippen LogP contribution in [0, 0.1) is 17.8 Å². The Kier molecular flexibility index (Phi) is 10.1. The maximum atomic E-state index is 11.2. The highest BCUT2D eigenvalue weighted by Crippen LogP contribution is 2.20. The third-order valence-corrected chi connectivity index (χ3v) is 3.52. The van der Waals surface area contributed by atoms with Crippen LogP contribution in [0.25, 0.3) is 0 Å². The third-order valence-electron chi connectivity index (χ3n) is 3.52. The molecule has 0 saturated carbocycles. The molecule has 108 valence electrons. The molecule has 0 heterocycles. The molecule has 0 aromatic heterocycles. The number of aliphatic carboxylic acids is 1. The number of rotatable bonds is 11. The number of hydrogen-bond acceptors (Lipinski definition) is 1. The summed E-state index contributed by atoms with van der Waals surface area (Å²) in [7, 11) is 0. The van der Waals surface area contributed by atoms with Crippen molar-refractivity contribution in [1.29, 1.82) is 0 Å². The van der Waals surface area contributed by atoms with Crippen molar-refractivity contribution in [1.82, 2.24) is 0 Å². The van der Waals surface area contributed by atoms with Crippen molar-refractivity contribution >= 4 is 5.97 Å². The summed E-state index contributed by atoms with van der Waals surface area (Å²) >= 11 is 0. The Labute approximate surface area is 113 Å². The van der Waals surface area contributed by atoms with Gasteiger partial charge in [-0.3, -0.25) is 4.79 Å². The van der Waals surface area contributed by atoms with Crippen LogP contribution in [0.5, 0.6) is 0 Å². The van der Waals surface area contributed by atoms with Gasteiger partial charge in [0.25, 0.3) is 0 Å². The second-order valence-corrected chi connectivity index (χ2v) is 6.39. The van der Waals surface area contributed by atoms with Crippen LogP contribution < -0.4 is 0 Å². The monoisotopic (exact) mass is 256 g/mol. The lowest BCUT2D eigenvalue weighted by molar-refractivity contribution is -0.142. The Balaban J connectivity index is 3.69. The van der Waals surface area contributed by atoms with Crippen LogP contribution in [-0.2, 0) is 4.79 Å². The molecule has 0 aromatic rings. The van der Waals surface area contributed by atoms with E-state index in [1.54, 1.807) is 0 Å². The normalized spacial score (nSPS) is 11.7. The Morgan fingerprint density at radius 2 is 1.11 bits per heavy atom. The van der Waals surface area contributed by atoms with E-state index in [4.69, 9.17) is 0 Å². The fourth-order valence-electron chi connectivity index (χ4n) is 2.28. The lowest BCUT2D eigenvalue weighted by Crippen LogP contribution is -2.13. The van der Waals surface area contributed by atoms with Crippen LogP contribution in [0.4, 0.5) is 0 Å². The van der Waals surface area contributed by atoms with Crippen LogP contribution in [0.1, 0.15) is 79.1 Å². The van der Waals surface area contributed by atoms with Crippen molar-refractivity contribution < 1.29 is 9.90 Å². The molecule has 18 heavy (non-hydrogen) atoms. The molecule has 2 heteroatoms. The summed E-state index contributed by atoms with van der Waals surface area (Å²) in [5, 5.41) is 9.19. The minimum absolute atomic E-state index is 0.107. The van der Waals surface area contributed by atoms with Gasteiger partial charge < -0.3 is 5.11 Å². The average Bonchev–Trinajstić information content (AvgIpc) is 2.25. The van der Waals surface area contributed by atoms with E-state index in [1.165, 1.54) is 25.7 Å². The number of carboxylic acid groups (broad SMARTS) is 1. The van der Waals surface area contributed by atoms with Crippen molar-refractivity contribution in [3.05, 3.63) is 0 Å². The molecule has 0 aliphatic carbocycles. The van der Waals surface area contributed by atoms with Crippen LogP contribution in [-0.4, -0.2) is 11.1 Å². The first kappa shape index (κ1) is 17.5. The summed E-state index contributed by atoms with van der Waals surface area (Å²) in [6.07, 6.45) is 8.66. The van der Waals surface area contributed by atoms with E-state index in [-0.39, 0.29) is 5.92 Å². The minimum Gasteiger partial charge on any atom is -0.481 e. The third kappa shape index (κ3) is 10.6. The van der Waals surface area contributed by atoms with Crippen LogP contribution >= 0.6 is 0 Å². The zero-order valence-electron chi connectivity index (χ0n) is 12.7. The Morgan fingerprint density at radius 1 is 0.778 bits per heavy atom. The number of carbonyl (C=O) groups is 1. The second-order valence-electron chi connectivity index (χ2n) is 6.39. The molecule has 0 spiro atoms. The van der Waals surface area contributed by atoms with Crippen LogP contribution in [0.2, 0.25) is 0 Å². The van der Waals surface area contributed by atoms with E-state index >= 15 is 0 Å². The van der Waals surface area contributed by atoms with E-state index in [2.05, 4.69) is 27.7 Å². The standard InChI is InChI=1S/C16H32O2/c1-13(2)9-5-7-11-15(16(17)18)12-8-6-10-14(3)4/h13-15H,5-12H2,1-4H3,(H,17,18). The summed E-state index contributed by atoms with van der Waals surface area (Å²) in [5.41, 5.74) is 0. The molecule has 0 atom stereocenters. The van der Waals surface area contributed by atoms with Crippen molar-refractivity contribution in [3.63, 3.8) is 0 Å². The Hall–Kier alpha value is -0.530. The molecule has 0 radical (unpaired) electrons. The summed E-state index contributed by atoms with van der Waals surface area (Å²) < 4.78 is 0. The molecule has 2 nitrogen and oxygen atoms in total. The van der Waals surface area contributed by atoms with Gasteiger partial charge in [0.05, 0.1) is 5.92 Å². The molecule has 0 saturated heterocycles. The highest BCUT2D eigenvalue weighted by Gasteiger charge is 2.16. The molecule has 0 aliphatic rings. The first-order valence-corrected chi connectivity index (χ1v) is 7.66. The molecule has 0 fully saturated rings. The lowest BCUT2D eigenvalue weighted by Gasteiger charge is -2.13. The van der Waals surface area contributed by atoms with Crippen molar-refractivity contribution in [3.8, 4) is 0 Å². The molecule has 0 aliphatic heterocycles. The Morgan fingerprint density at radius 3 is 1.39 bits per heavy atom. The van der Waals surface area contributed by atoms with Gasteiger partial charge in [-0.15, -0.1) is 0 Å². The van der Waals surface area contributed by atoms with Gasteiger partial charge in [-0.25, -0.2) is 0 Å². The largest absolute Gasteiger partial charge is 0.481 e. The molecular formula is C16H32O2. The van der Waals surface area contributed by atoms with E-state index in [0.29, 0.717) is 0 Å². The van der Waals surface area contributed by atoms with Gasteiger partial charge in [0.2, 0.25) is 0 Å². The van der Waals surface area contributed by atoms with Crippen molar-refractivity contribution in [2.24, 2.45) is 17.8 Å². The summed E-state index contributed by atoms with van der Waals surface area (Å²) in [5.74, 6) is 0.770. The summed E-state index contributed by atoms with van der Waals surface area (Å²) in [6.45, 7) is 8.89. The van der Waals surface area contributed by atoms with Crippen molar-refractivity contribution in [2.45, 2.75) is 79.1 Å². The number of carboxylic acids is 1. The number of unbranched alkanes of at least 4 members (excludes halogenated alkanes) is 2. The van der Waals surface area contributed by atoms with Gasteiger partial charge in [0.1, 0.15) is 0 Å². The van der Waals surface area contributed by atoms with Crippen molar-refractivity contribution in [2.75, 3.05) is 0 Å². The fourth-order valence-corrected chi connectivity index (χ4v) is 2.28. The topological polar surface area (TPSA) is 37.3 Å². The zero-order valence-corrected chi connectivity index (χ0v) is 12.7. The van der Waals surface area contributed by atoms with Gasteiger partial charge in [-0.2, -0.15) is 0 Å². The molecular weight excluding hydrogens is 224 g/mol. The molecule has 0 amide bonds. The van der Waals surface area contributed by atoms with E-state index in [0.717, 1.165) is 37.5 Å². The predicted molar refractivity (Wildman–Crippen MR) is 77.7 cm³/mol. The van der Waals surface area contributed by atoms with Crippen LogP contribution in [0.15, 0.2) is 0 Å². The first-order chi connectivity index (χ1) is 8.43. The maximum absolute atomic E-state index is 11.2. The molecule has 0 unspecified atom stereocenters. The average molecular weight is 256 g/mol. The highest BCUT2D eigenvalue weighted by molar-refractivity contribution is 5.69. The maximum Gasteiger partial charge on any atom is 0.306 e. The Bertz CT molecular complexity index is 193. The van der Waals surface area contributed by atoms with Gasteiger partial charge in [0.15, 0.2) is 0 Å². The molecule has 1 N–H and O–H groups in total. The lowest BCUT2D eigenvalue weighted by atomic mass is 9.93.